The molecule has 9 nitrogen and oxygen atoms in total. The molecule has 12 heteroatoms. The number of anilines is 1. The van der Waals surface area contributed by atoms with Crippen molar-refractivity contribution in [1.29, 1.82) is 0 Å². The Balaban J connectivity index is 1.34. The summed E-state index contributed by atoms with van der Waals surface area (Å²) in [6.45, 7) is 1.90. The maximum atomic E-state index is 13.5. The quantitative estimate of drug-likeness (QED) is 0.597. The summed E-state index contributed by atoms with van der Waals surface area (Å²) in [6, 6.07) is 4.67. The molecule has 0 unspecified atom stereocenters. The summed E-state index contributed by atoms with van der Waals surface area (Å²) in [5.74, 6) is -2.27. The molecule has 2 saturated heterocycles. The molecule has 3 aromatic rings. The second-order valence-electron chi connectivity index (χ2n) is 7.88. The van der Waals surface area contributed by atoms with Gasteiger partial charge < -0.3 is 14.2 Å². The van der Waals surface area contributed by atoms with Crippen molar-refractivity contribution < 1.29 is 18.0 Å². The van der Waals surface area contributed by atoms with Crippen LogP contribution in [0.5, 0.6) is 0 Å². The van der Waals surface area contributed by atoms with Crippen LogP contribution < -0.4 is 10.5 Å². The van der Waals surface area contributed by atoms with E-state index < -0.39 is 18.1 Å². The molecule has 2 aliphatic rings. The van der Waals surface area contributed by atoms with Gasteiger partial charge in [-0.15, -0.1) is 10.2 Å². The molecule has 0 radical (unpaired) electrons. The largest absolute Gasteiger partial charge is 0.365 e. The number of hydrogen-bond donors (Lipinski definition) is 0. The van der Waals surface area contributed by atoms with E-state index in [1.165, 1.54) is 16.9 Å². The normalized spacial score (nSPS) is 19.0. The zero-order chi connectivity index (χ0) is 21.8. The molecule has 0 aromatic carbocycles. The van der Waals surface area contributed by atoms with Gasteiger partial charge in [-0.1, -0.05) is 16.8 Å². The first-order chi connectivity index (χ1) is 14.7. The maximum Gasteiger partial charge on any atom is 0.273 e. The minimum absolute atomic E-state index is 0.118. The molecule has 1 spiro atoms. The van der Waals surface area contributed by atoms with Gasteiger partial charge in [0, 0.05) is 31.1 Å². The summed E-state index contributed by atoms with van der Waals surface area (Å²) >= 11 is 5.78. The molecule has 5 rings (SSSR count). The van der Waals surface area contributed by atoms with E-state index in [2.05, 4.69) is 20.5 Å². The maximum absolute atomic E-state index is 13.5. The van der Waals surface area contributed by atoms with Gasteiger partial charge in [-0.3, -0.25) is 4.79 Å². The Labute approximate surface area is 179 Å². The lowest BCUT2D eigenvalue weighted by atomic mass is 9.89. The molecular weight excluding hydrogens is 434 g/mol. The van der Waals surface area contributed by atoms with E-state index in [0.29, 0.717) is 41.5 Å². The fourth-order valence-electron chi connectivity index (χ4n) is 3.95. The van der Waals surface area contributed by atoms with Gasteiger partial charge in [-0.2, -0.15) is 5.10 Å². The molecule has 0 atom stereocenters. The van der Waals surface area contributed by atoms with Crippen molar-refractivity contribution in [2.75, 3.05) is 24.6 Å². The molecule has 5 heterocycles. The number of aromatic nitrogens is 5. The lowest BCUT2D eigenvalue weighted by molar-refractivity contribution is -0.0338. The number of hydrogen-bond acceptors (Lipinski definition) is 8. The van der Waals surface area contributed by atoms with Crippen LogP contribution in [-0.2, 0) is 11.3 Å². The fraction of sp³-hybridized carbons (Fsp3) is 0.421. The lowest BCUT2D eigenvalue weighted by Crippen LogP contribution is -2.62. The van der Waals surface area contributed by atoms with E-state index >= 15 is 0 Å². The fourth-order valence-corrected chi connectivity index (χ4v) is 4.05. The zero-order valence-corrected chi connectivity index (χ0v) is 17.1. The van der Waals surface area contributed by atoms with Gasteiger partial charge in [-0.05, 0) is 19.1 Å². The summed E-state index contributed by atoms with van der Waals surface area (Å²) in [5, 5.41) is 16.3. The van der Waals surface area contributed by atoms with E-state index in [1.54, 1.807) is 24.0 Å². The number of ether oxygens (including phenoxy) is 1. The van der Waals surface area contributed by atoms with Crippen LogP contribution in [0.15, 0.2) is 33.7 Å². The highest BCUT2D eigenvalue weighted by molar-refractivity contribution is 6.29. The van der Waals surface area contributed by atoms with Crippen molar-refractivity contribution in [2.24, 2.45) is 0 Å². The molecule has 0 bridgehead atoms. The number of rotatable bonds is 4. The Hall–Kier alpha value is -2.92. The number of halogens is 3. The third kappa shape index (κ3) is 3.68. The number of alkyl halides is 2. The smallest absolute Gasteiger partial charge is 0.273 e. The molecule has 0 saturated carbocycles. The summed E-state index contributed by atoms with van der Waals surface area (Å²) in [4.78, 5) is 14.5. The number of aryl methyl sites for hydroxylation is 1. The first-order valence-corrected chi connectivity index (χ1v) is 9.90. The summed E-state index contributed by atoms with van der Waals surface area (Å²) < 4.78 is 38.8. The minimum atomic E-state index is -2.80. The van der Waals surface area contributed by atoms with Gasteiger partial charge in [0.15, 0.2) is 5.15 Å². The molecule has 162 valence electrons. The van der Waals surface area contributed by atoms with Crippen molar-refractivity contribution in [3.05, 3.63) is 51.2 Å². The molecular formula is C19H17ClF2N6O3. The van der Waals surface area contributed by atoms with Gasteiger partial charge in [-0.25, -0.2) is 13.5 Å². The van der Waals surface area contributed by atoms with Crippen LogP contribution in [0, 0.1) is 6.92 Å². The van der Waals surface area contributed by atoms with Crippen molar-refractivity contribution in [3.8, 4) is 11.4 Å². The Morgan fingerprint density at radius 3 is 2.71 bits per heavy atom. The molecule has 31 heavy (non-hydrogen) atoms. The molecule has 2 aliphatic heterocycles. The predicted octanol–water partition coefficient (Wildman–Crippen LogP) is 2.31. The Kier molecular flexibility index (Phi) is 4.56. The second kappa shape index (κ2) is 7.06. The first-order valence-electron chi connectivity index (χ1n) is 9.52. The minimum Gasteiger partial charge on any atom is -0.365 e. The van der Waals surface area contributed by atoms with Crippen LogP contribution in [-0.4, -0.2) is 56.4 Å². The third-order valence-corrected chi connectivity index (χ3v) is 5.72. The molecule has 0 amide bonds. The standard InChI is InChI=1S/C19H17ClF2N6O3/c1-11-13(17(26-31-11)14-2-3-15(20)25-24-14)6-28-16(29)4-12(5-23-28)27-8-18(9-27)7-19(21,22)10-30-18/h2-5H,6-10H2,1H3. The van der Waals surface area contributed by atoms with Crippen molar-refractivity contribution >= 4 is 17.3 Å². The van der Waals surface area contributed by atoms with Gasteiger partial charge in [0.2, 0.25) is 0 Å². The Morgan fingerprint density at radius 2 is 2.06 bits per heavy atom. The second-order valence-corrected chi connectivity index (χ2v) is 8.26. The number of nitrogens with zero attached hydrogens (tertiary/aromatic N) is 6. The first kappa shape index (κ1) is 20.0. The van der Waals surface area contributed by atoms with Gasteiger partial charge in [0.25, 0.3) is 11.5 Å². The van der Waals surface area contributed by atoms with Crippen molar-refractivity contribution in [3.63, 3.8) is 0 Å². The van der Waals surface area contributed by atoms with E-state index in [1.807, 2.05) is 0 Å². The van der Waals surface area contributed by atoms with E-state index in [4.69, 9.17) is 20.9 Å². The predicted molar refractivity (Wildman–Crippen MR) is 105 cm³/mol. The molecule has 3 aromatic heterocycles. The lowest BCUT2D eigenvalue weighted by Gasteiger charge is -2.47. The van der Waals surface area contributed by atoms with E-state index in [-0.39, 0.29) is 23.7 Å². The SMILES string of the molecule is Cc1onc(-c2ccc(Cl)nn2)c1Cn1ncc(N2CC3(C2)CC(F)(F)CO3)cc1=O. The van der Waals surface area contributed by atoms with E-state index in [0.717, 1.165) is 0 Å². The van der Waals surface area contributed by atoms with Crippen LogP contribution in [0.1, 0.15) is 17.7 Å². The van der Waals surface area contributed by atoms with Crippen molar-refractivity contribution in [2.45, 2.75) is 31.4 Å². The highest BCUT2D eigenvalue weighted by atomic mass is 35.5. The summed E-state index contributed by atoms with van der Waals surface area (Å²) in [6.07, 6.45) is 1.23. The van der Waals surface area contributed by atoms with E-state index in [9.17, 15) is 13.6 Å². The Bertz CT molecular complexity index is 1190. The van der Waals surface area contributed by atoms with Gasteiger partial charge >= 0.3 is 0 Å². The molecule has 2 fully saturated rings. The van der Waals surface area contributed by atoms with Gasteiger partial charge in [0.1, 0.15) is 29.4 Å². The third-order valence-electron chi connectivity index (χ3n) is 5.52. The topological polar surface area (TPSA) is 99.2 Å². The van der Waals surface area contributed by atoms with Gasteiger partial charge in [0.05, 0.1) is 18.4 Å². The van der Waals surface area contributed by atoms with Crippen LogP contribution in [0.4, 0.5) is 14.5 Å². The van der Waals surface area contributed by atoms with Crippen LogP contribution in [0.2, 0.25) is 5.15 Å². The molecule has 0 N–H and O–H groups in total. The van der Waals surface area contributed by atoms with Crippen molar-refractivity contribution in [1.82, 2.24) is 25.1 Å². The average Bonchev–Trinajstić information content (AvgIpc) is 3.22. The highest BCUT2D eigenvalue weighted by Crippen LogP contribution is 2.43. The van der Waals surface area contributed by atoms with Crippen LogP contribution >= 0.6 is 11.6 Å². The molecule has 0 aliphatic carbocycles. The zero-order valence-electron chi connectivity index (χ0n) is 16.4. The van der Waals surface area contributed by atoms with Crippen LogP contribution in [0.25, 0.3) is 11.4 Å². The Morgan fingerprint density at radius 1 is 1.26 bits per heavy atom. The highest BCUT2D eigenvalue weighted by Gasteiger charge is 2.57. The summed E-state index contributed by atoms with van der Waals surface area (Å²) in [7, 11) is 0. The monoisotopic (exact) mass is 450 g/mol. The average molecular weight is 451 g/mol. The van der Waals surface area contributed by atoms with Crippen LogP contribution in [0.3, 0.4) is 0 Å². The summed E-state index contributed by atoms with van der Waals surface area (Å²) in [5.41, 5.74) is 0.931.